The number of hydrazone groups is 1. The number of nitrogens with zero attached hydrogens (tertiary/aromatic N) is 1. The van der Waals surface area contributed by atoms with E-state index in [2.05, 4.69) is 10.5 Å². The van der Waals surface area contributed by atoms with Crippen molar-refractivity contribution in [1.82, 2.24) is 5.43 Å². The van der Waals surface area contributed by atoms with Crippen LogP contribution in [0.3, 0.4) is 0 Å². The summed E-state index contributed by atoms with van der Waals surface area (Å²) >= 11 is 3.07. The van der Waals surface area contributed by atoms with Crippen LogP contribution in [0.5, 0.6) is 0 Å². The highest BCUT2D eigenvalue weighted by molar-refractivity contribution is 8.22. The van der Waals surface area contributed by atoms with Crippen molar-refractivity contribution in [2.24, 2.45) is 5.10 Å². The molecule has 0 saturated carbocycles. The monoisotopic (exact) mass is 380 g/mol. The van der Waals surface area contributed by atoms with E-state index in [1.165, 1.54) is 29.7 Å². The van der Waals surface area contributed by atoms with E-state index in [4.69, 9.17) is 4.42 Å². The molecule has 0 bridgehead atoms. The van der Waals surface area contributed by atoms with Gasteiger partial charge in [-0.2, -0.15) is 5.10 Å². The minimum absolute atomic E-state index is 0.297. The maximum absolute atomic E-state index is 12.2. The molecule has 0 saturated heterocycles. The van der Waals surface area contributed by atoms with E-state index >= 15 is 0 Å². The summed E-state index contributed by atoms with van der Waals surface area (Å²) in [7, 11) is 0. The van der Waals surface area contributed by atoms with Crippen molar-refractivity contribution in [2.45, 2.75) is 9.79 Å². The number of carbonyl (C=O) groups excluding carboxylic acids is 1. The number of hydrogen-bond acceptors (Lipinski definition) is 5. The Kier molecular flexibility index (Phi) is 6.75. The third-order valence-electron chi connectivity index (χ3n) is 3.08. The van der Waals surface area contributed by atoms with Crippen LogP contribution in [0.15, 0.2) is 109 Å². The van der Waals surface area contributed by atoms with Gasteiger partial charge in [0, 0.05) is 15.9 Å². The van der Waals surface area contributed by atoms with Gasteiger partial charge in [0.15, 0.2) is 0 Å². The van der Waals surface area contributed by atoms with Crippen molar-refractivity contribution >= 4 is 35.6 Å². The molecule has 1 amide bonds. The van der Waals surface area contributed by atoms with Crippen molar-refractivity contribution in [3.05, 3.63) is 95.1 Å². The first-order chi connectivity index (χ1) is 12.8. The van der Waals surface area contributed by atoms with Gasteiger partial charge in [-0.05, 0) is 36.4 Å². The largest absolute Gasteiger partial charge is 0.463 e. The molecule has 6 heteroatoms. The lowest BCUT2D eigenvalue weighted by molar-refractivity contribution is -0.116. The Morgan fingerprint density at radius 2 is 1.50 bits per heavy atom. The molecule has 1 aromatic heterocycles. The van der Waals surface area contributed by atoms with Gasteiger partial charge in [-0.15, -0.1) is 0 Å². The van der Waals surface area contributed by atoms with Crippen LogP contribution in [0, 0.1) is 0 Å². The lowest BCUT2D eigenvalue weighted by atomic mass is 10.4. The predicted octanol–water partition coefficient (Wildman–Crippen LogP) is 5.16. The second kappa shape index (κ2) is 9.70. The van der Waals surface area contributed by atoms with Crippen molar-refractivity contribution in [1.29, 1.82) is 0 Å². The molecule has 3 rings (SSSR count). The van der Waals surface area contributed by atoms with E-state index in [-0.39, 0.29) is 5.91 Å². The summed E-state index contributed by atoms with van der Waals surface area (Å²) in [5, 5.41) is 3.90. The summed E-state index contributed by atoms with van der Waals surface area (Å²) in [5.41, 5.74) is 2.49. The zero-order valence-corrected chi connectivity index (χ0v) is 15.4. The molecule has 1 N–H and O–H groups in total. The number of amides is 1. The molecule has 0 aliphatic heterocycles. The van der Waals surface area contributed by atoms with Crippen molar-refractivity contribution in [2.75, 3.05) is 0 Å². The number of furan rings is 1. The topological polar surface area (TPSA) is 54.6 Å². The van der Waals surface area contributed by atoms with Gasteiger partial charge < -0.3 is 4.42 Å². The Balaban J connectivity index is 1.70. The highest BCUT2D eigenvalue weighted by Gasteiger charge is 2.07. The Hall–Kier alpha value is -2.70. The van der Waals surface area contributed by atoms with Crippen LogP contribution < -0.4 is 5.43 Å². The standard InChI is InChI=1S/C20H16N2O2S2/c23-19(22-21-15-16-8-7-13-24-16)14-20(25-17-9-3-1-4-10-17)26-18-11-5-2-6-12-18/h1-15H,(H,22,23)/b21-15+. The summed E-state index contributed by atoms with van der Waals surface area (Å²) in [6.07, 6.45) is 4.56. The smallest absolute Gasteiger partial charge is 0.265 e. The van der Waals surface area contributed by atoms with Crippen molar-refractivity contribution in [3.8, 4) is 0 Å². The van der Waals surface area contributed by atoms with Gasteiger partial charge in [-0.1, -0.05) is 59.9 Å². The fraction of sp³-hybridized carbons (Fsp3) is 0. The molecular formula is C20H16N2O2S2. The van der Waals surface area contributed by atoms with Crippen LogP contribution in [-0.2, 0) is 4.79 Å². The Morgan fingerprint density at radius 3 is 2.04 bits per heavy atom. The average Bonchev–Trinajstić information content (AvgIpc) is 3.17. The van der Waals surface area contributed by atoms with Crippen LogP contribution in [-0.4, -0.2) is 12.1 Å². The summed E-state index contributed by atoms with van der Waals surface area (Å²) in [5.74, 6) is 0.279. The van der Waals surface area contributed by atoms with E-state index in [0.29, 0.717) is 5.76 Å². The average molecular weight is 380 g/mol. The number of benzene rings is 2. The third-order valence-corrected chi connectivity index (χ3v) is 5.24. The Morgan fingerprint density at radius 1 is 0.885 bits per heavy atom. The molecule has 0 aliphatic rings. The van der Waals surface area contributed by atoms with Crippen LogP contribution in [0.25, 0.3) is 0 Å². The highest BCUT2D eigenvalue weighted by atomic mass is 32.2. The Labute approximate surface area is 160 Å². The molecule has 0 aliphatic carbocycles. The molecule has 130 valence electrons. The molecule has 0 radical (unpaired) electrons. The van der Waals surface area contributed by atoms with Gasteiger partial charge in [-0.3, -0.25) is 4.79 Å². The van der Waals surface area contributed by atoms with Gasteiger partial charge >= 0.3 is 0 Å². The van der Waals surface area contributed by atoms with Crippen LogP contribution in [0.2, 0.25) is 0 Å². The van der Waals surface area contributed by atoms with Crippen molar-refractivity contribution in [3.63, 3.8) is 0 Å². The summed E-state index contributed by atoms with van der Waals surface area (Å²) in [4.78, 5) is 14.3. The lowest BCUT2D eigenvalue weighted by Gasteiger charge is -2.07. The van der Waals surface area contributed by atoms with Gasteiger partial charge in [0.05, 0.1) is 16.7 Å². The molecule has 0 fully saturated rings. The quantitative estimate of drug-likeness (QED) is 0.266. The molecule has 0 unspecified atom stereocenters. The number of rotatable bonds is 7. The van der Waals surface area contributed by atoms with E-state index in [1.54, 1.807) is 24.5 Å². The summed E-state index contributed by atoms with van der Waals surface area (Å²) in [6.45, 7) is 0. The normalized spacial score (nSPS) is 10.6. The first-order valence-electron chi connectivity index (χ1n) is 7.83. The zero-order valence-electron chi connectivity index (χ0n) is 13.7. The molecule has 0 spiro atoms. The predicted molar refractivity (Wildman–Crippen MR) is 107 cm³/mol. The molecule has 2 aromatic carbocycles. The third kappa shape index (κ3) is 5.98. The van der Waals surface area contributed by atoms with Crippen LogP contribution in [0.1, 0.15) is 5.76 Å². The second-order valence-electron chi connectivity index (χ2n) is 5.04. The first-order valence-corrected chi connectivity index (χ1v) is 9.47. The molecule has 4 nitrogen and oxygen atoms in total. The zero-order chi connectivity index (χ0) is 18.0. The summed E-state index contributed by atoms with van der Waals surface area (Å²) in [6, 6.07) is 23.4. The summed E-state index contributed by atoms with van der Waals surface area (Å²) < 4.78 is 5.98. The van der Waals surface area contributed by atoms with E-state index in [9.17, 15) is 4.79 Å². The number of hydrogen-bond donors (Lipinski definition) is 1. The number of carbonyl (C=O) groups is 1. The maximum Gasteiger partial charge on any atom is 0.265 e. The minimum Gasteiger partial charge on any atom is -0.463 e. The van der Waals surface area contributed by atoms with Gasteiger partial charge in [0.2, 0.25) is 0 Å². The van der Waals surface area contributed by atoms with Crippen LogP contribution >= 0.6 is 23.5 Å². The highest BCUT2D eigenvalue weighted by Crippen LogP contribution is 2.38. The number of nitrogens with one attached hydrogen (secondary N) is 1. The SMILES string of the molecule is O=C(C=C(Sc1ccccc1)Sc1ccccc1)N/N=C/c1ccco1. The first kappa shape index (κ1) is 18.1. The van der Waals surface area contributed by atoms with E-state index in [0.717, 1.165) is 14.0 Å². The minimum atomic E-state index is -0.297. The van der Waals surface area contributed by atoms with Crippen molar-refractivity contribution < 1.29 is 9.21 Å². The second-order valence-corrected chi connectivity index (χ2v) is 7.53. The molecule has 0 atom stereocenters. The van der Waals surface area contributed by atoms with Gasteiger partial charge in [-0.25, -0.2) is 5.43 Å². The molecule has 26 heavy (non-hydrogen) atoms. The van der Waals surface area contributed by atoms with E-state index in [1.807, 2.05) is 60.7 Å². The van der Waals surface area contributed by atoms with Crippen LogP contribution in [0.4, 0.5) is 0 Å². The van der Waals surface area contributed by atoms with Gasteiger partial charge in [0.25, 0.3) is 5.91 Å². The molecule has 1 heterocycles. The molecular weight excluding hydrogens is 364 g/mol. The maximum atomic E-state index is 12.2. The fourth-order valence-electron chi connectivity index (χ4n) is 1.95. The fourth-order valence-corrected chi connectivity index (χ4v) is 4.08. The van der Waals surface area contributed by atoms with E-state index < -0.39 is 0 Å². The Bertz CT molecular complexity index is 833. The van der Waals surface area contributed by atoms with Gasteiger partial charge in [0.1, 0.15) is 5.76 Å². The lowest BCUT2D eigenvalue weighted by Crippen LogP contribution is -2.14. The number of thioether (sulfide) groups is 2. The molecule has 3 aromatic rings.